The van der Waals surface area contributed by atoms with E-state index in [9.17, 15) is 4.79 Å². The van der Waals surface area contributed by atoms with Crippen molar-refractivity contribution >= 4 is 28.7 Å². The highest BCUT2D eigenvalue weighted by atomic mass is 16.4. The predicted octanol–water partition coefficient (Wildman–Crippen LogP) is 1.63. The van der Waals surface area contributed by atoms with Crippen LogP contribution in [-0.4, -0.2) is 22.3 Å². The Balaban J connectivity index is 2.29. The van der Waals surface area contributed by atoms with Gasteiger partial charge in [-0.25, -0.2) is 0 Å². The van der Waals surface area contributed by atoms with E-state index in [0.29, 0.717) is 5.69 Å². The van der Waals surface area contributed by atoms with Crippen molar-refractivity contribution in [2.45, 2.75) is 0 Å². The SMILES string of the molecule is O=C(/C=N/O)Nc1ccc2ncccc2c1. The van der Waals surface area contributed by atoms with Gasteiger partial charge in [-0.2, -0.15) is 0 Å². The molecule has 5 nitrogen and oxygen atoms in total. The summed E-state index contributed by atoms with van der Waals surface area (Å²) in [5, 5.41) is 14.3. The molecule has 1 amide bonds. The molecule has 2 N–H and O–H groups in total. The minimum atomic E-state index is -0.481. The lowest BCUT2D eigenvalue weighted by Crippen LogP contribution is -2.12. The second kappa shape index (κ2) is 4.39. The number of carbonyl (C=O) groups excluding carboxylic acids is 1. The summed E-state index contributed by atoms with van der Waals surface area (Å²) < 4.78 is 0. The summed E-state index contributed by atoms with van der Waals surface area (Å²) in [4.78, 5) is 15.3. The quantitative estimate of drug-likeness (QED) is 0.454. The minimum Gasteiger partial charge on any atom is -0.411 e. The van der Waals surface area contributed by atoms with Crippen LogP contribution in [0.2, 0.25) is 0 Å². The van der Waals surface area contributed by atoms with Crippen LogP contribution in [0.3, 0.4) is 0 Å². The number of rotatable bonds is 2. The molecule has 2 aromatic rings. The number of benzene rings is 1. The first-order chi connectivity index (χ1) is 7.79. The third-order valence-electron chi connectivity index (χ3n) is 2.05. The lowest BCUT2D eigenvalue weighted by Gasteiger charge is -2.02. The van der Waals surface area contributed by atoms with Crippen molar-refractivity contribution in [2.24, 2.45) is 5.16 Å². The first kappa shape index (κ1) is 10.1. The number of fused-ring (bicyclic) bond motifs is 1. The monoisotopic (exact) mass is 215 g/mol. The van der Waals surface area contributed by atoms with Crippen molar-refractivity contribution in [3.05, 3.63) is 36.5 Å². The van der Waals surface area contributed by atoms with Gasteiger partial charge in [-0.05, 0) is 24.3 Å². The molecule has 5 heteroatoms. The van der Waals surface area contributed by atoms with Crippen molar-refractivity contribution in [1.82, 2.24) is 4.98 Å². The Morgan fingerprint density at radius 2 is 2.31 bits per heavy atom. The van der Waals surface area contributed by atoms with Gasteiger partial charge in [-0.15, -0.1) is 0 Å². The number of aromatic nitrogens is 1. The molecule has 0 spiro atoms. The van der Waals surface area contributed by atoms with Crippen molar-refractivity contribution < 1.29 is 10.0 Å². The van der Waals surface area contributed by atoms with E-state index in [1.807, 2.05) is 12.1 Å². The molecule has 0 aliphatic rings. The van der Waals surface area contributed by atoms with Crippen molar-refractivity contribution in [3.8, 4) is 0 Å². The van der Waals surface area contributed by atoms with E-state index in [1.54, 1.807) is 24.4 Å². The zero-order chi connectivity index (χ0) is 11.4. The Kier molecular flexibility index (Phi) is 2.77. The fourth-order valence-corrected chi connectivity index (χ4v) is 1.38. The molecule has 0 aliphatic carbocycles. The number of nitrogens with zero attached hydrogens (tertiary/aromatic N) is 2. The van der Waals surface area contributed by atoms with Crippen LogP contribution in [0, 0.1) is 0 Å². The molecular formula is C11H9N3O2. The van der Waals surface area contributed by atoms with E-state index in [4.69, 9.17) is 5.21 Å². The maximum Gasteiger partial charge on any atom is 0.270 e. The van der Waals surface area contributed by atoms with Gasteiger partial charge in [0.15, 0.2) is 0 Å². The van der Waals surface area contributed by atoms with Crippen LogP contribution in [0.15, 0.2) is 41.7 Å². The summed E-state index contributed by atoms with van der Waals surface area (Å²) in [5.41, 5.74) is 1.49. The highest BCUT2D eigenvalue weighted by Gasteiger charge is 2.00. The van der Waals surface area contributed by atoms with Crippen LogP contribution in [-0.2, 0) is 4.79 Å². The van der Waals surface area contributed by atoms with Gasteiger partial charge in [0, 0.05) is 17.3 Å². The summed E-state index contributed by atoms with van der Waals surface area (Å²) in [5.74, 6) is -0.481. The van der Waals surface area contributed by atoms with Crippen LogP contribution >= 0.6 is 0 Å². The van der Waals surface area contributed by atoms with Gasteiger partial charge < -0.3 is 10.5 Å². The Labute approximate surface area is 91.4 Å². The lowest BCUT2D eigenvalue weighted by molar-refractivity contribution is -0.110. The van der Waals surface area contributed by atoms with E-state index in [1.165, 1.54) is 0 Å². The summed E-state index contributed by atoms with van der Waals surface area (Å²) in [6.07, 6.45) is 2.51. The normalized spacial score (nSPS) is 10.8. The maximum absolute atomic E-state index is 11.1. The van der Waals surface area contributed by atoms with E-state index in [-0.39, 0.29) is 0 Å². The number of hydrogen-bond acceptors (Lipinski definition) is 4. The number of hydrogen-bond donors (Lipinski definition) is 2. The van der Waals surface area contributed by atoms with Gasteiger partial charge in [0.25, 0.3) is 5.91 Å². The van der Waals surface area contributed by atoms with Crippen LogP contribution < -0.4 is 5.32 Å². The molecule has 0 saturated heterocycles. The molecule has 1 heterocycles. The zero-order valence-electron chi connectivity index (χ0n) is 8.29. The predicted molar refractivity (Wildman–Crippen MR) is 60.7 cm³/mol. The number of nitrogens with one attached hydrogen (secondary N) is 1. The molecule has 0 unspecified atom stereocenters. The molecule has 1 aromatic heterocycles. The maximum atomic E-state index is 11.1. The van der Waals surface area contributed by atoms with Crippen molar-refractivity contribution in [2.75, 3.05) is 5.32 Å². The van der Waals surface area contributed by atoms with Gasteiger partial charge in [0.05, 0.1) is 5.52 Å². The first-order valence-corrected chi connectivity index (χ1v) is 4.63. The topological polar surface area (TPSA) is 74.6 Å². The molecule has 0 saturated carbocycles. The van der Waals surface area contributed by atoms with Gasteiger partial charge in [0.2, 0.25) is 0 Å². The highest BCUT2D eigenvalue weighted by Crippen LogP contribution is 2.16. The van der Waals surface area contributed by atoms with E-state index in [2.05, 4.69) is 15.5 Å². The second-order valence-electron chi connectivity index (χ2n) is 3.14. The van der Waals surface area contributed by atoms with Gasteiger partial charge >= 0.3 is 0 Å². The van der Waals surface area contributed by atoms with Gasteiger partial charge in [0.1, 0.15) is 6.21 Å². The smallest absolute Gasteiger partial charge is 0.270 e. The molecule has 1 aromatic carbocycles. The molecule has 2 rings (SSSR count). The van der Waals surface area contributed by atoms with E-state index in [0.717, 1.165) is 17.1 Å². The number of anilines is 1. The van der Waals surface area contributed by atoms with Gasteiger partial charge in [-0.1, -0.05) is 11.2 Å². The molecule has 0 atom stereocenters. The summed E-state index contributed by atoms with van der Waals surface area (Å²) in [6.45, 7) is 0. The third-order valence-corrected chi connectivity index (χ3v) is 2.05. The molecule has 0 radical (unpaired) electrons. The lowest BCUT2D eigenvalue weighted by atomic mass is 10.2. The minimum absolute atomic E-state index is 0.481. The molecule has 80 valence electrons. The van der Waals surface area contributed by atoms with Crippen LogP contribution in [0.4, 0.5) is 5.69 Å². The average Bonchev–Trinajstić information content (AvgIpc) is 2.29. The van der Waals surface area contributed by atoms with Crippen molar-refractivity contribution in [3.63, 3.8) is 0 Å². The molecule has 16 heavy (non-hydrogen) atoms. The van der Waals surface area contributed by atoms with Crippen LogP contribution in [0.1, 0.15) is 0 Å². The van der Waals surface area contributed by atoms with E-state index >= 15 is 0 Å². The molecule has 0 bridgehead atoms. The largest absolute Gasteiger partial charge is 0.411 e. The second-order valence-corrected chi connectivity index (χ2v) is 3.14. The summed E-state index contributed by atoms with van der Waals surface area (Å²) >= 11 is 0. The number of carbonyl (C=O) groups is 1. The number of oxime groups is 1. The molecule has 0 aliphatic heterocycles. The van der Waals surface area contributed by atoms with Crippen LogP contribution in [0.5, 0.6) is 0 Å². The van der Waals surface area contributed by atoms with Crippen molar-refractivity contribution in [1.29, 1.82) is 0 Å². The van der Waals surface area contributed by atoms with E-state index < -0.39 is 5.91 Å². The Morgan fingerprint density at radius 1 is 1.44 bits per heavy atom. The fraction of sp³-hybridized carbons (Fsp3) is 0. The fourth-order valence-electron chi connectivity index (χ4n) is 1.38. The molecule has 0 fully saturated rings. The van der Waals surface area contributed by atoms with Crippen LogP contribution in [0.25, 0.3) is 10.9 Å². The summed E-state index contributed by atoms with van der Waals surface area (Å²) in [6, 6.07) is 9.06. The van der Waals surface area contributed by atoms with Gasteiger partial charge in [-0.3, -0.25) is 9.78 Å². The number of amides is 1. The zero-order valence-corrected chi connectivity index (χ0v) is 8.29. The Morgan fingerprint density at radius 3 is 3.12 bits per heavy atom. The average molecular weight is 215 g/mol. The first-order valence-electron chi connectivity index (χ1n) is 4.63. The Hall–Kier alpha value is -2.43. The standard InChI is InChI=1S/C11H9N3O2/c15-11(7-13-16)14-9-3-4-10-8(6-9)2-1-5-12-10/h1-7,16H,(H,14,15)/b13-7+. The molecular weight excluding hydrogens is 206 g/mol. The third kappa shape index (κ3) is 2.14. The Bertz CT molecular complexity index is 552. The highest BCUT2D eigenvalue weighted by molar-refractivity contribution is 6.31. The number of pyridine rings is 1. The summed E-state index contributed by atoms with van der Waals surface area (Å²) in [7, 11) is 0.